The van der Waals surface area contributed by atoms with Crippen LogP contribution < -0.4 is 0 Å². The zero-order valence-corrected chi connectivity index (χ0v) is 11.9. The lowest BCUT2D eigenvalue weighted by Gasteiger charge is -2.31. The van der Waals surface area contributed by atoms with Gasteiger partial charge in [0.2, 0.25) is 0 Å². The number of hydrogen-bond acceptors (Lipinski definition) is 1. The molecular weight excluding hydrogens is 218 g/mol. The van der Waals surface area contributed by atoms with Crippen LogP contribution in [0.15, 0.2) is 43.1 Å². The SMILES string of the molecule is C=CN(CCCC)C(CCCC)c1ccccc1. The summed E-state index contributed by atoms with van der Waals surface area (Å²) in [5, 5.41) is 0. The standard InChI is InChI=1S/C17H27N/c1-4-7-14-17(16-12-10-9-11-13-16)18(6-3)15-8-5-2/h6,9-13,17H,3-5,7-8,14-15H2,1-2H3. The molecule has 0 radical (unpaired) electrons. The average molecular weight is 245 g/mol. The fourth-order valence-electron chi connectivity index (χ4n) is 2.31. The van der Waals surface area contributed by atoms with Crippen LogP contribution in [-0.4, -0.2) is 11.4 Å². The molecule has 1 aromatic rings. The molecule has 1 rings (SSSR count). The van der Waals surface area contributed by atoms with Gasteiger partial charge < -0.3 is 4.90 Å². The minimum atomic E-state index is 0.496. The predicted molar refractivity (Wildman–Crippen MR) is 80.5 cm³/mol. The van der Waals surface area contributed by atoms with Gasteiger partial charge in [0.1, 0.15) is 0 Å². The minimum absolute atomic E-state index is 0.496. The van der Waals surface area contributed by atoms with Crippen LogP contribution in [-0.2, 0) is 0 Å². The van der Waals surface area contributed by atoms with Gasteiger partial charge in [-0.2, -0.15) is 0 Å². The highest BCUT2D eigenvalue weighted by atomic mass is 15.1. The average Bonchev–Trinajstić information content (AvgIpc) is 2.43. The predicted octanol–water partition coefficient (Wildman–Crippen LogP) is 5.16. The van der Waals surface area contributed by atoms with E-state index in [-0.39, 0.29) is 0 Å². The molecule has 0 N–H and O–H groups in total. The van der Waals surface area contributed by atoms with Gasteiger partial charge in [-0.1, -0.05) is 70.0 Å². The van der Waals surface area contributed by atoms with Crippen molar-refractivity contribution in [3.63, 3.8) is 0 Å². The zero-order valence-electron chi connectivity index (χ0n) is 11.9. The van der Waals surface area contributed by atoms with Crippen molar-refractivity contribution < 1.29 is 0 Å². The van der Waals surface area contributed by atoms with Crippen LogP contribution in [0.4, 0.5) is 0 Å². The smallest absolute Gasteiger partial charge is 0.0536 e. The highest BCUT2D eigenvalue weighted by molar-refractivity contribution is 5.19. The van der Waals surface area contributed by atoms with E-state index in [1.807, 2.05) is 6.20 Å². The number of rotatable bonds is 9. The van der Waals surface area contributed by atoms with E-state index < -0.39 is 0 Å². The van der Waals surface area contributed by atoms with Crippen molar-refractivity contribution in [2.45, 2.75) is 52.0 Å². The molecule has 0 saturated heterocycles. The second-order valence-corrected chi connectivity index (χ2v) is 4.84. The zero-order chi connectivity index (χ0) is 13.2. The Bertz CT molecular complexity index is 318. The highest BCUT2D eigenvalue weighted by Crippen LogP contribution is 2.26. The van der Waals surface area contributed by atoms with Crippen LogP contribution in [0.2, 0.25) is 0 Å². The molecule has 0 amide bonds. The third-order valence-corrected chi connectivity index (χ3v) is 3.42. The molecule has 18 heavy (non-hydrogen) atoms. The molecule has 0 aromatic heterocycles. The molecule has 1 heteroatoms. The van der Waals surface area contributed by atoms with Crippen LogP contribution in [0.1, 0.15) is 57.6 Å². The van der Waals surface area contributed by atoms with Crippen molar-refractivity contribution >= 4 is 0 Å². The molecule has 0 spiro atoms. The third kappa shape index (κ3) is 4.56. The van der Waals surface area contributed by atoms with Gasteiger partial charge >= 0.3 is 0 Å². The molecule has 0 aliphatic carbocycles. The van der Waals surface area contributed by atoms with Gasteiger partial charge in [0.25, 0.3) is 0 Å². The van der Waals surface area contributed by atoms with Crippen LogP contribution in [0.5, 0.6) is 0 Å². The van der Waals surface area contributed by atoms with Gasteiger partial charge in [-0.3, -0.25) is 0 Å². The van der Waals surface area contributed by atoms with Crippen LogP contribution in [0, 0.1) is 0 Å². The first-order valence-corrected chi connectivity index (χ1v) is 7.26. The lowest BCUT2D eigenvalue weighted by atomic mass is 9.99. The molecule has 1 unspecified atom stereocenters. The number of nitrogens with zero attached hydrogens (tertiary/aromatic N) is 1. The number of unbranched alkanes of at least 4 members (excludes halogenated alkanes) is 2. The highest BCUT2D eigenvalue weighted by Gasteiger charge is 2.15. The molecule has 100 valence electrons. The van der Waals surface area contributed by atoms with Crippen molar-refractivity contribution in [3.05, 3.63) is 48.7 Å². The number of benzene rings is 1. The summed E-state index contributed by atoms with van der Waals surface area (Å²) in [6.45, 7) is 9.61. The largest absolute Gasteiger partial charge is 0.371 e. The third-order valence-electron chi connectivity index (χ3n) is 3.42. The second kappa shape index (κ2) is 8.79. The van der Waals surface area contributed by atoms with Gasteiger partial charge in [-0.05, 0) is 24.6 Å². The lowest BCUT2D eigenvalue weighted by Crippen LogP contribution is -2.24. The summed E-state index contributed by atoms with van der Waals surface area (Å²) in [6.07, 6.45) is 8.23. The Morgan fingerprint density at radius 1 is 1.11 bits per heavy atom. The van der Waals surface area contributed by atoms with Crippen molar-refractivity contribution in [3.8, 4) is 0 Å². The van der Waals surface area contributed by atoms with Crippen molar-refractivity contribution in [2.24, 2.45) is 0 Å². The second-order valence-electron chi connectivity index (χ2n) is 4.84. The fourth-order valence-corrected chi connectivity index (χ4v) is 2.31. The van der Waals surface area contributed by atoms with E-state index in [4.69, 9.17) is 0 Å². The molecule has 1 aromatic carbocycles. The van der Waals surface area contributed by atoms with Gasteiger partial charge in [-0.25, -0.2) is 0 Å². The maximum absolute atomic E-state index is 3.99. The first-order valence-electron chi connectivity index (χ1n) is 7.26. The lowest BCUT2D eigenvalue weighted by molar-refractivity contribution is 0.258. The van der Waals surface area contributed by atoms with Gasteiger partial charge in [0, 0.05) is 6.54 Å². The van der Waals surface area contributed by atoms with E-state index in [0.29, 0.717) is 6.04 Å². The Balaban J connectivity index is 2.78. The maximum Gasteiger partial charge on any atom is 0.0536 e. The molecule has 0 aliphatic heterocycles. The fraction of sp³-hybridized carbons (Fsp3) is 0.529. The number of hydrogen-bond donors (Lipinski definition) is 0. The molecule has 0 aliphatic rings. The Morgan fingerprint density at radius 3 is 2.33 bits per heavy atom. The van der Waals surface area contributed by atoms with E-state index in [2.05, 4.69) is 55.7 Å². The van der Waals surface area contributed by atoms with E-state index in [1.54, 1.807) is 0 Å². The summed E-state index contributed by atoms with van der Waals surface area (Å²) in [6, 6.07) is 11.3. The molecule has 0 fully saturated rings. The van der Waals surface area contributed by atoms with Crippen molar-refractivity contribution in [2.75, 3.05) is 6.54 Å². The van der Waals surface area contributed by atoms with Gasteiger partial charge in [0.15, 0.2) is 0 Å². The van der Waals surface area contributed by atoms with E-state index in [9.17, 15) is 0 Å². The van der Waals surface area contributed by atoms with E-state index in [1.165, 1.54) is 37.7 Å². The summed E-state index contributed by atoms with van der Waals surface area (Å²) in [5.74, 6) is 0. The summed E-state index contributed by atoms with van der Waals surface area (Å²) < 4.78 is 0. The molecular formula is C17H27N. The Hall–Kier alpha value is -1.24. The van der Waals surface area contributed by atoms with E-state index >= 15 is 0 Å². The summed E-state index contributed by atoms with van der Waals surface area (Å²) in [5.41, 5.74) is 1.42. The monoisotopic (exact) mass is 245 g/mol. The summed E-state index contributed by atoms with van der Waals surface area (Å²) in [4.78, 5) is 2.41. The molecule has 1 atom stereocenters. The quantitative estimate of drug-likeness (QED) is 0.580. The van der Waals surface area contributed by atoms with Gasteiger partial charge in [0.05, 0.1) is 6.04 Å². The molecule has 0 saturated carbocycles. The molecule has 1 nitrogen and oxygen atoms in total. The van der Waals surface area contributed by atoms with E-state index in [0.717, 1.165) is 6.54 Å². The topological polar surface area (TPSA) is 3.24 Å². The van der Waals surface area contributed by atoms with Crippen LogP contribution in [0.25, 0.3) is 0 Å². The van der Waals surface area contributed by atoms with Crippen molar-refractivity contribution in [1.29, 1.82) is 0 Å². The molecule has 0 heterocycles. The molecule has 0 bridgehead atoms. The van der Waals surface area contributed by atoms with Crippen LogP contribution >= 0.6 is 0 Å². The summed E-state index contributed by atoms with van der Waals surface area (Å²) in [7, 11) is 0. The van der Waals surface area contributed by atoms with Crippen LogP contribution in [0.3, 0.4) is 0 Å². The minimum Gasteiger partial charge on any atom is -0.371 e. The normalized spacial score (nSPS) is 12.1. The first kappa shape index (κ1) is 14.8. The van der Waals surface area contributed by atoms with Crippen molar-refractivity contribution in [1.82, 2.24) is 4.90 Å². The summed E-state index contributed by atoms with van der Waals surface area (Å²) >= 11 is 0. The Kier molecular flexibility index (Phi) is 7.24. The van der Waals surface area contributed by atoms with Gasteiger partial charge in [-0.15, -0.1) is 0 Å². The first-order chi connectivity index (χ1) is 8.83. The maximum atomic E-state index is 3.99. The Labute approximate surface area is 113 Å². The Morgan fingerprint density at radius 2 is 1.78 bits per heavy atom.